The number of rotatable bonds is 2. The van der Waals surface area contributed by atoms with Gasteiger partial charge in [0.1, 0.15) is 0 Å². The van der Waals surface area contributed by atoms with E-state index in [4.69, 9.17) is 0 Å². The van der Waals surface area contributed by atoms with Crippen molar-refractivity contribution >= 4 is 5.78 Å². The van der Waals surface area contributed by atoms with Crippen molar-refractivity contribution in [2.75, 3.05) is 0 Å². The van der Waals surface area contributed by atoms with E-state index in [1.165, 1.54) is 11.4 Å². The Bertz CT molecular complexity index is 387. The van der Waals surface area contributed by atoms with Gasteiger partial charge in [-0.1, -0.05) is 6.08 Å². The van der Waals surface area contributed by atoms with Gasteiger partial charge in [0.05, 0.1) is 0 Å². The van der Waals surface area contributed by atoms with E-state index in [1.807, 2.05) is 12.1 Å². The molecule has 0 unspecified atom stereocenters. The van der Waals surface area contributed by atoms with Crippen LogP contribution in [0.5, 0.6) is 0 Å². The van der Waals surface area contributed by atoms with Crippen molar-refractivity contribution in [2.45, 2.75) is 32.7 Å². The molecule has 0 N–H and O–H groups in total. The third-order valence-corrected chi connectivity index (χ3v) is 2.85. The molecule has 2 rings (SSSR count). The summed E-state index contributed by atoms with van der Waals surface area (Å²) in [6.45, 7) is 6.60. The fourth-order valence-corrected chi connectivity index (χ4v) is 2.17. The Labute approximate surface area is 84.2 Å². The van der Waals surface area contributed by atoms with Gasteiger partial charge in [-0.05, 0) is 25.8 Å². The van der Waals surface area contributed by atoms with Crippen LogP contribution in [-0.4, -0.2) is 10.4 Å². The topological polar surface area (TPSA) is 22.0 Å². The average molecular weight is 189 g/mol. The van der Waals surface area contributed by atoms with Crippen LogP contribution in [0.2, 0.25) is 0 Å². The second-order valence-electron chi connectivity index (χ2n) is 3.82. The van der Waals surface area contributed by atoms with Gasteiger partial charge in [-0.25, -0.2) is 0 Å². The number of aryl methyl sites for hydroxylation is 1. The van der Waals surface area contributed by atoms with Gasteiger partial charge < -0.3 is 4.57 Å². The molecule has 0 atom stereocenters. The fourth-order valence-electron chi connectivity index (χ4n) is 2.17. The number of carbonyl (C=O) groups is 1. The van der Waals surface area contributed by atoms with Crippen molar-refractivity contribution in [3.63, 3.8) is 0 Å². The van der Waals surface area contributed by atoms with Crippen molar-refractivity contribution in [3.05, 3.63) is 35.7 Å². The summed E-state index contributed by atoms with van der Waals surface area (Å²) < 4.78 is 2.19. The van der Waals surface area contributed by atoms with Gasteiger partial charge in [0, 0.05) is 29.9 Å². The number of hydrogen-bond acceptors (Lipinski definition) is 1. The van der Waals surface area contributed by atoms with Crippen molar-refractivity contribution in [1.82, 2.24) is 4.57 Å². The Hall–Kier alpha value is -1.31. The molecule has 0 spiro atoms. The number of allylic oxidation sites excluding steroid dienone is 1. The Balaban J connectivity index is 2.51. The Kier molecular flexibility index (Phi) is 2.28. The van der Waals surface area contributed by atoms with Crippen molar-refractivity contribution in [3.8, 4) is 0 Å². The Morgan fingerprint density at radius 3 is 3.07 bits per heavy atom. The minimum Gasteiger partial charge on any atom is -0.344 e. The second kappa shape index (κ2) is 3.45. The van der Waals surface area contributed by atoms with Crippen LogP contribution in [0.25, 0.3) is 0 Å². The molecule has 14 heavy (non-hydrogen) atoms. The molecular weight excluding hydrogens is 174 g/mol. The van der Waals surface area contributed by atoms with Crippen molar-refractivity contribution in [2.24, 2.45) is 0 Å². The van der Waals surface area contributed by atoms with Crippen LogP contribution >= 0.6 is 0 Å². The van der Waals surface area contributed by atoms with Gasteiger partial charge in [-0.3, -0.25) is 4.79 Å². The molecule has 0 bridgehead atoms. The molecule has 1 heterocycles. The van der Waals surface area contributed by atoms with Crippen LogP contribution in [0, 0.1) is 6.92 Å². The summed E-state index contributed by atoms with van der Waals surface area (Å²) in [5.74, 6) is 0.303. The molecule has 0 fully saturated rings. The lowest BCUT2D eigenvalue weighted by Crippen LogP contribution is -2.13. The molecule has 74 valence electrons. The van der Waals surface area contributed by atoms with Gasteiger partial charge in [0.2, 0.25) is 0 Å². The fraction of sp³-hybridized carbons (Fsp3) is 0.417. The van der Waals surface area contributed by atoms with E-state index in [-0.39, 0.29) is 0 Å². The van der Waals surface area contributed by atoms with Gasteiger partial charge in [0.25, 0.3) is 0 Å². The lowest BCUT2D eigenvalue weighted by atomic mass is 9.97. The van der Waals surface area contributed by atoms with Crippen molar-refractivity contribution < 1.29 is 4.79 Å². The molecule has 1 aliphatic carbocycles. The number of nitrogens with zero attached hydrogens (tertiary/aromatic N) is 1. The third-order valence-electron chi connectivity index (χ3n) is 2.85. The Morgan fingerprint density at radius 2 is 2.36 bits per heavy atom. The molecule has 1 aliphatic rings. The zero-order valence-corrected chi connectivity index (χ0v) is 8.55. The van der Waals surface area contributed by atoms with E-state index in [0.29, 0.717) is 12.2 Å². The summed E-state index contributed by atoms with van der Waals surface area (Å²) in [5.41, 5.74) is 3.32. The summed E-state index contributed by atoms with van der Waals surface area (Å²) in [5, 5.41) is 0. The maximum atomic E-state index is 11.6. The van der Waals surface area contributed by atoms with E-state index in [2.05, 4.69) is 18.1 Å². The molecule has 1 aromatic rings. The van der Waals surface area contributed by atoms with Crippen LogP contribution in [-0.2, 0) is 13.0 Å². The maximum Gasteiger partial charge on any atom is 0.164 e. The molecule has 0 aromatic carbocycles. The highest BCUT2D eigenvalue weighted by molar-refractivity contribution is 5.98. The lowest BCUT2D eigenvalue weighted by Gasteiger charge is -2.14. The summed E-state index contributed by atoms with van der Waals surface area (Å²) in [7, 11) is 0. The predicted molar refractivity (Wildman–Crippen MR) is 56.6 cm³/mol. The highest BCUT2D eigenvalue weighted by Gasteiger charge is 2.21. The van der Waals surface area contributed by atoms with Crippen LogP contribution < -0.4 is 0 Å². The summed E-state index contributed by atoms with van der Waals surface area (Å²) >= 11 is 0. The maximum absolute atomic E-state index is 11.6. The SMILES string of the molecule is C=CCn1c(C)cc2c1CCCC2=O. The highest BCUT2D eigenvalue weighted by atomic mass is 16.1. The summed E-state index contributed by atoms with van der Waals surface area (Å²) in [6.07, 6.45) is 4.62. The number of aromatic nitrogens is 1. The number of fused-ring (bicyclic) bond motifs is 1. The molecule has 2 heteroatoms. The number of ketones is 1. The second-order valence-corrected chi connectivity index (χ2v) is 3.82. The standard InChI is InChI=1S/C12H15NO/c1-3-7-13-9(2)8-10-11(13)5-4-6-12(10)14/h3,8H,1,4-7H2,2H3. The summed E-state index contributed by atoms with van der Waals surface area (Å²) in [6, 6.07) is 2.01. The molecular formula is C12H15NO. The normalized spacial score (nSPS) is 15.4. The number of carbonyl (C=O) groups excluding carboxylic acids is 1. The largest absolute Gasteiger partial charge is 0.344 e. The molecule has 2 nitrogen and oxygen atoms in total. The average Bonchev–Trinajstić information content (AvgIpc) is 2.47. The van der Waals surface area contributed by atoms with E-state index in [0.717, 1.165) is 24.9 Å². The van der Waals surface area contributed by atoms with Gasteiger partial charge in [-0.15, -0.1) is 6.58 Å². The molecule has 0 saturated heterocycles. The third kappa shape index (κ3) is 1.31. The predicted octanol–water partition coefficient (Wildman–Crippen LogP) is 2.50. The first kappa shape index (κ1) is 9.25. The van der Waals surface area contributed by atoms with E-state index in [1.54, 1.807) is 0 Å². The first-order chi connectivity index (χ1) is 6.74. The zero-order valence-electron chi connectivity index (χ0n) is 8.55. The van der Waals surface area contributed by atoms with Gasteiger partial charge in [0.15, 0.2) is 5.78 Å². The van der Waals surface area contributed by atoms with Crippen LogP contribution in [0.3, 0.4) is 0 Å². The molecule has 1 aromatic heterocycles. The van der Waals surface area contributed by atoms with Gasteiger partial charge in [-0.2, -0.15) is 0 Å². The van der Waals surface area contributed by atoms with Crippen LogP contribution in [0.1, 0.15) is 34.6 Å². The smallest absolute Gasteiger partial charge is 0.164 e. The summed E-state index contributed by atoms with van der Waals surface area (Å²) in [4.78, 5) is 11.6. The minimum atomic E-state index is 0.303. The van der Waals surface area contributed by atoms with E-state index < -0.39 is 0 Å². The number of hydrogen-bond donors (Lipinski definition) is 0. The van der Waals surface area contributed by atoms with E-state index in [9.17, 15) is 4.79 Å². The number of Topliss-reactive ketones (excluding diaryl/α,β-unsaturated/α-hetero) is 1. The van der Waals surface area contributed by atoms with Crippen LogP contribution in [0.15, 0.2) is 18.7 Å². The lowest BCUT2D eigenvalue weighted by molar-refractivity contribution is 0.0972. The van der Waals surface area contributed by atoms with Crippen molar-refractivity contribution in [1.29, 1.82) is 0 Å². The minimum absolute atomic E-state index is 0.303. The van der Waals surface area contributed by atoms with Gasteiger partial charge >= 0.3 is 0 Å². The zero-order chi connectivity index (χ0) is 10.1. The quantitative estimate of drug-likeness (QED) is 0.655. The molecule has 0 amide bonds. The highest BCUT2D eigenvalue weighted by Crippen LogP contribution is 2.24. The molecule has 0 radical (unpaired) electrons. The van der Waals surface area contributed by atoms with Crippen LogP contribution in [0.4, 0.5) is 0 Å². The molecule has 0 saturated carbocycles. The monoisotopic (exact) mass is 189 g/mol. The first-order valence-electron chi connectivity index (χ1n) is 5.07. The molecule has 0 aliphatic heterocycles. The Morgan fingerprint density at radius 1 is 1.57 bits per heavy atom. The van der Waals surface area contributed by atoms with E-state index >= 15 is 0 Å². The first-order valence-corrected chi connectivity index (χ1v) is 5.07.